The van der Waals surface area contributed by atoms with Gasteiger partial charge in [0, 0.05) is 5.56 Å². The molecule has 0 bridgehead atoms. The van der Waals surface area contributed by atoms with E-state index in [0.29, 0.717) is 5.56 Å². The summed E-state index contributed by atoms with van der Waals surface area (Å²) in [5, 5.41) is 0.147. The molecule has 1 aliphatic rings. The first-order valence-corrected chi connectivity index (χ1v) is 7.80. The van der Waals surface area contributed by atoms with Gasteiger partial charge in [-0.3, -0.25) is 0 Å². The van der Waals surface area contributed by atoms with E-state index in [9.17, 15) is 4.39 Å². The lowest BCUT2D eigenvalue weighted by Crippen LogP contribution is -2.09. The van der Waals surface area contributed by atoms with Crippen molar-refractivity contribution in [3.63, 3.8) is 0 Å². The third-order valence-corrected chi connectivity index (χ3v) is 4.79. The quantitative estimate of drug-likeness (QED) is 0.665. The average Bonchev–Trinajstić information content (AvgIpc) is 2.49. The molecule has 104 valence electrons. The van der Waals surface area contributed by atoms with Crippen LogP contribution < -0.4 is 4.74 Å². The molecule has 0 fully saturated rings. The predicted molar refractivity (Wildman–Crippen MR) is 82.4 cm³/mol. The maximum absolute atomic E-state index is 14.1. The van der Waals surface area contributed by atoms with Gasteiger partial charge in [-0.1, -0.05) is 51.8 Å². The number of halogens is 3. The fraction of sp³-hybridized carbons (Fsp3) is 0.250. The highest BCUT2D eigenvalue weighted by Gasteiger charge is 2.19. The van der Waals surface area contributed by atoms with E-state index < -0.39 is 0 Å². The van der Waals surface area contributed by atoms with E-state index in [1.54, 1.807) is 18.2 Å². The molecule has 0 spiro atoms. The minimum atomic E-state index is -0.370. The summed E-state index contributed by atoms with van der Waals surface area (Å²) >= 11 is 9.41. The van der Waals surface area contributed by atoms with E-state index in [4.69, 9.17) is 16.3 Å². The molecule has 1 heterocycles. The Balaban J connectivity index is 1.98. The van der Waals surface area contributed by atoms with Gasteiger partial charge in [-0.25, -0.2) is 4.39 Å². The number of hydrogen-bond acceptors (Lipinski definition) is 1. The Labute approximate surface area is 130 Å². The number of benzene rings is 2. The number of fused-ring (bicyclic) bond motifs is 1. The maximum Gasteiger partial charge on any atom is 0.146 e. The molecule has 0 N–H and O–H groups in total. The Kier molecular flexibility index (Phi) is 3.99. The van der Waals surface area contributed by atoms with Crippen LogP contribution in [0.1, 0.15) is 27.9 Å². The molecule has 1 nitrogen and oxygen atoms in total. The molecule has 0 amide bonds. The fourth-order valence-corrected chi connectivity index (χ4v) is 3.25. The molecule has 1 unspecified atom stereocenters. The van der Waals surface area contributed by atoms with Gasteiger partial charge in [0.1, 0.15) is 11.6 Å². The average molecular weight is 356 g/mol. The Morgan fingerprint density at radius 3 is 2.95 bits per heavy atom. The van der Waals surface area contributed by atoms with Gasteiger partial charge < -0.3 is 4.74 Å². The summed E-state index contributed by atoms with van der Waals surface area (Å²) in [6.07, 6.45) is 2.02. The molecule has 0 saturated carbocycles. The summed E-state index contributed by atoms with van der Waals surface area (Å²) in [5.41, 5.74) is 2.74. The van der Waals surface area contributed by atoms with Crippen molar-refractivity contribution in [1.82, 2.24) is 0 Å². The second-order valence-corrected chi connectivity index (χ2v) is 6.15. The molecule has 3 rings (SSSR count). The van der Waals surface area contributed by atoms with Gasteiger partial charge in [-0.05, 0) is 36.1 Å². The van der Waals surface area contributed by atoms with Gasteiger partial charge in [0.25, 0.3) is 0 Å². The molecule has 1 aliphatic heterocycles. The number of hydrogen-bond donors (Lipinski definition) is 0. The molecule has 20 heavy (non-hydrogen) atoms. The van der Waals surface area contributed by atoms with Crippen molar-refractivity contribution >= 4 is 27.5 Å². The van der Waals surface area contributed by atoms with Crippen LogP contribution in [0.5, 0.6) is 5.75 Å². The first-order chi connectivity index (χ1) is 9.66. The summed E-state index contributed by atoms with van der Waals surface area (Å²) in [7, 11) is 0. The van der Waals surface area contributed by atoms with E-state index in [1.165, 1.54) is 5.56 Å². The second-order valence-electron chi connectivity index (χ2n) is 4.82. The van der Waals surface area contributed by atoms with Crippen molar-refractivity contribution in [2.75, 3.05) is 6.61 Å². The van der Waals surface area contributed by atoms with E-state index in [0.717, 1.165) is 30.8 Å². The van der Waals surface area contributed by atoms with Crippen LogP contribution in [0.3, 0.4) is 0 Å². The first kappa shape index (κ1) is 13.9. The standard InChI is InChI=1S/C16H13BrClFO/c17-15(12-4-1-5-13(18)16(12)19)11-6-7-14-10(9-11)3-2-8-20-14/h1,4-7,9,15H,2-3,8H2. The molecule has 0 aliphatic carbocycles. The summed E-state index contributed by atoms with van der Waals surface area (Å²) in [4.78, 5) is -0.214. The zero-order valence-electron chi connectivity index (χ0n) is 10.7. The molecule has 4 heteroatoms. The summed E-state index contributed by atoms with van der Waals surface area (Å²) in [5.74, 6) is 0.566. The first-order valence-electron chi connectivity index (χ1n) is 6.50. The van der Waals surface area contributed by atoms with Crippen LogP contribution in [0.4, 0.5) is 4.39 Å². The second kappa shape index (κ2) is 5.74. The van der Waals surface area contributed by atoms with Gasteiger partial charge in [-0.2, -0.15) is 0 Å². The molecular weight excluding hydrogens is 343 g/mol. The highest BCUT2D eigenvalue weighted by atomic mass is 79.9. The van der Waals surface area contributed by atoms with Crippen molar-refractivity contribution in [2.45, 2.75) is 17.7 Å². The van der Waals surface area contributed by atoms with Crippen LogP contribution in [0.15, 0.2) is 36.4 Å². The zero-order chi connectivity index (χ0) is 14.1. The Hall–Kier alpha value is -1.06. The topological polar surface area (TPSA) is 9.23 Å². The number of rotatable bonds is 2. The van der Waals surface area contributed by atoms with Crippen molar-refractivity contribution in [1.29, 1.82) is 0 Å². The lowest BCUT2D eigenvalue weighted by molar-refractivity contribution is 0.288. The molecule has 2 aromatic rings. The number of aryl methyl sites for hydroxylation is 1. The predicted octanol–water partition coefficient (Wildman–Crippen LogP) is 5.29. The SMILES string of the molecule is Fc1c(Cl)cccc1C(Br)c1ccc2c(c1)CCCO2. The van der Waals surface area contributed by atoms with Crippen molar-refractivity contribution in [3.8, 4) is 5.75 Å². The molecule has 0 radical (unpaired) electrons. The minimum absolute atomic E-state index is 0.147. The Bertz CT molecular complexity index is 644. The number of ether oxygens (including phenoxy) is 1. The normalized spacial score (nSPS) is 15.3. The minimum Gasteiger partial charge on any atom is -0.493 e. The lowest BCUT2D eigenvalue weighted by atomic mass is 9.98. The van der Waals surface area contributed by atoms with Gasteiger partial charge in [0.05, 0.1) is 16.5 Å². The van der Waals surface area contributed by atoms with E-state index in [1.807, 2.05) is 12.1 Å². The summed E-state index contributed by atoms with van der Waals surface area (Å²) in [6.45, 7) is 0.771. The molecule has 0 saturated heterocycles. The van der Waals surface area contributed by atoms with E-state index in [2.05, 4.69) is 22.0 Å². The summed E-state index contributed by atoms with van der Waals surface area (Å²) in [6, 6.07) is 11.1. The van der Waals surface area contributed by atoms with Crippen molar-refractivity contribution in [3.05, 3.63) is 63.9 Å². The maximum atomic E-state index is 14.1. The zero-order valence-corrected chi connectivity index (χ0v) is 13.0. The largest absolute Gasteiger partial charge is 0.493 e. The third kappa shape index (κ3) is 2.57. The number of alkyl halides is 1. The molecule has 2 aromatic carbocycles. The third-order valence-electron chi connectivity index (χ3n) is 3.48. The van der Waals surface area contributed by atoms with Crippen LogP contribution in [0, 0.1) is 5.82 Å². The van der Waals surface area contributed by atoms with Crippen molar-refractivity contribution in [2.24, 2.45) is 0 Å². The van der Waals surface area contributed by atoms with Gasteiger partial charge in [0.15, 0.2) is 0 Å². The smallest absolute Gasteiger partial charge is 0.146 e. The van der Waals surface area contributed by atoms with Crippen molar-refractivity contribution < 1.29 is 9.13 Å². The highest BCUT2D eigenvalue weighted by molar-refractivity contribution is 9.09. The monoisotopic (exact) mass is 354 g/mol. The Morgan fingerprint density at radius 1 is 1.25 bits per heavy atom. The van der Waals surface area contributed by atoms with Gasteiger partial charge in [0.2, 0.25) is 0 Å². The van der Waals surface area contributed by atoms with Crippen LogP contribution in [-0.2, 0) is 6.42 Å². The van der Waals surface area contributed by atoms with Crippen LogP contribution in [-0.4, -0.2) is 6.61 Å². The molecule has 0 aromatic heterocycles. The molecule has 1 atom stereocenters. The van der Waals surface area contributed by atoms with Crippen LogP contribution >= 0.6 is 27.5 Å². The lowest BCUT2D eigenvalue weighted by Gasteiger charge is -2.20. The van der Waals surface area contributed by atoms with E-state index in [-0.39, 0.29) is 15.7 Å². The fourth-order valence-electron chi connectivity index (χ4n) is 2.43. The highest BCUT2D eigenvalue weighted by Crippen LogP contribution is 2.37. The van der Waals surface area contributed by atoms with Crippen LogP contribution in [0.2, 0.25) is 5.02 Å². The van der Waals surface area contributed by atoms with E-state index >= 15 is 0 Å². The van der Waals surface area contributed by atoms with Crippen LogP contribution in [0.25, 0.3) is 0 Å². The van der Waals surface area contributed by atoms with Gasteiger partial charge >= 0.3 is 0 Å². The summed E-state index contributed by atoms with van der Waals surface area (Å²) < 4.78 is 19.7. The molecular formula is C16H13BrClFO. The van der Waals surface area contributed by atoms with Gasteiger partial charge in [-0.15, -0.1) is 0 Å². The Morgan fingerprint density at radius 2 is 2.10 bits per heavy atom.